The molecule has 8 N–H and O–H groups in total. The van der Waals surface area contributed by atoms with E-state index in [0.717, 1.165) is 22.0 Å². The van der Waals surface area contributed by atoms with Gasteiger partial charge in [-0.2, -0.15) is 11.8 Å². The summed E-state index contributed by atoms with van der Waals surface area (Å²) in [5.74, 6) is -2.36. The first-order valence-electron chi connectivity index (χ1n) is 14.9. The van der Waals surface area contributed by atoms with Crippen LogP contribution in [-0.4, -0.2) is 75.1 Å². The fourth-order valence-corrected chi connectivity index (χ4v) is 5.55. The zero-order valence-electron chi connectivity index (χ0n) is 25.4. The van der Waals surface area contributed by atoms with Crippen LogP contribution in [0.1, 0.15) is 23.1 Å². The second-order valence-corrected chi connectivity index (χ2v) is 12.0. The van der Waals surface area contributed by atoms with E-state index in [2.05, 4.69) is 20.9 Å². The summed E-state index contributed by atoms with van der Waals surface area (Å²) in [5.41, 5.74) is 9.05. The van der Waals surface area contributed by atoms with E-state index >= 15 is 0 Å². The van der Waals surface area contributed by atoms with Crippen molar-refractivity contribution in [3.05, 3.63) is 102 Å². The molecule has 0 aliphatic carbocycles. The highest BCUT2D eigenvalue weighted by Gasteiger charge is 2.31. The normalized spacial score (nSPS) is 13.7. The lowest BCUT2D eigenvalue weighted by Crippen LogP contribution is -2.58. The van der Waals surface area contributed by atoms with Crippen molar-refractivity contribution in [2.45, 2.75) is 49.9 Å². The Bertz CT molecular complexity index is 1630. The van der Waals surface area contributed by atoms with Gasteiger partial charge < -0.3 is 36.9 Å². The number of rotatable bonds is 16. The number of carbonyl (C=O) groups is 4. The largest absolute Gasteiger partial charge is 0.508 e. The molecule has 0 radical (unpaired) electrons. The molecule has 4 atom stereocenters. The first-order valence-corrected chi connectivity index (χ1v) is 16.3. The predicted molar refractivity (Wildman–Crippen MR) is 178 cm³/mol. The molecule has 46 heavy (non-hydrogen) atoms. The number of amides is 3. The topological polar surface area (TPSA) is 187 Å². The van der Waals surface area contributed by atoms with Gasteiger partial charge >= 0.3 is 5.97 Å². The average molecular weight is 646 g/mol. The number of phenolic OH excluding ortho intramolecular Hbond substituents is 1. The van der Waals surface area contributed by atoms with E-state index in [4.69, 9.17) is 5.73 Å². The Morgan fingerprint density at radius 2 is 1.33 bits per heavy atom. The van der Waals surface area contributed by atoms with Gasteiger partial charge in [-0.25, -0.2) is 4.79 Å². The number of para-hydroxylation sites is 1. The van der Waals surface area contributed by atoms with E-state index in [9.17, 15) is 29.4 Å². The lowest BCUT2D eigenvalue weighted by molar-refractivity contribution is -0.142. The van der Waals surface area contributed by atoms with E-state index in [1.165, 1.54) is 12.1 Å². The standard InChI is InChI=1S/C34H39N5O6S/c1-46-16-15-26(35)31(41)37-28(17-22-11-13-24(40)14-12-22)32(42)38-29(19-23-20-36-27-10-6-5-9-25(23)27)33(43)39-30(34(44)45)18-21-7-3-2-4-8-21/h2-14,20,26,28-30,36,40H,15-19,35H2,1H3,(H,37,41)(H,38,42)(H,39,43)(H,44,45). The van der Waals surface area contributed by atoms with Crippen molar-refractivity contribution in [2.75, 3.05) is 12.0 Å². The molecule has 3 amide bonds. The second-order valence-electron chi connectivity index (χ2n) is 11.0. The number of aliphatic carboxylic acids is 1. The van der Waals surface area contributed by atoms with Gasteiger partial charge in [-0.1, -0.05) is 60.7 Å². The zero-order chi connectivity index (χ0) is 33.1. The zero-order valence-corrected chi connectivity index (χ0v) is 26.3. The minimum Gasteiger partial charge on any atom is -0.508 e. The van der Waals surface area contributed by atoms with Crippen LogP contribution >= 0.6 is 11.8 Å². The van der Waals surface area contributed by atoms with E-state index in [1.54, 1.807) is 54.4 Å². The van der Waals surface area contributed by atoms with E-state index in [-0.39, 0.29) is 25.0 Å². The van der Waals surface area contributed by atoms with Gasteiger partial charge in [0.05, 0.1) is 6.04 Å². The summed E-state index contributed by atoms with van der Waals surface area (Å²) in [5, 5.41) is 28.6. The molecular formula is C34H39N5O6S. The molecule has 4 unspecified atom stereocenters. The van der Waals surface area contributed by atoms with Crippen LogP contribution in [0.25, 0.3) is 10.9 Å². The highest BCUT2D eigenvalue weighted by Crippen LogP contribution is 2.20. The molecule has 0 fully saturated rings. The Morgan fingerprint density at radius 1 is 0.761 bits per heavy atom. The van der Waals surface area contributed by atoms with Crippen LogP contribution in [0.15, 0.2) is 85.1 Å². The molecule has 4 rings (SSSR count). The Labute approximate surface area is 271 Å². The maximum atomic E-state index is 13.9. The molecule has 0 aliphatic rings. The number of aromatic amines is 1. The summed E-state index contributed by atoms with van der Waals surface area (Å²) in [6, 6.07) is 18.2. The fraction of sp³-hybridized carbons (Fsp3) is 0.294. The van der Waals surface area contributed by atoms with E-state index in [1.807, 2.05) is 36.6 Å². The summed E-state index contributed by atoms with van der Waals surface area (Å²) in [6.07, 6.45) is 4.20. The molecule has 0 saturated heterocycles. The average Bonchev–Trinajstić information content (AvgIpc) is 3.46. The Morgan fingerprint density at radius 3 is 2.00 bits per heavy atom. The molecule has 0 bridgehead atoms. The molecule has 3 aromatic carbocycles. The maximum absolute atomic E-state index is 13.9. The van der Waals surface area contributed by atoms with E-state index < -0.39 is 47.9 Å². The summed E-state index contributed by atoms with van der Waals surface area (Å²) >= 11 is 1.55. The van der Waals surface area contributed by atoms with Gasteiger partial charge in [0.15, 0.2) is 0 Å². The molecule has 12 heteroatoms. The molecule has 242 valence electrons. The number of carboxylic acid groups (broad SMARTS) is 1. The van der Waals surface area contributed by atoms with Crippen LogP contribution < -0.4 is 21.7 Å². The van der Waals surface area contributed by atoms with Gasteiger partial charge in [-0.3, -0.25) is 14.4 Å². The van der Waals surface area contributed by atoms with Gasteiger partial charge in [0.1, 0.15) is 23.9 Å². The van der Waals surface area contributed by atoms with Crippen LogP contribution in [-0.2, 0) is 38.4 Å². The lowest BCUT2D eigenvalue weighted by atomic mass is 10.0. The van der Waals surface area contributed by atoms with Gasteiger partial charge in [0, 0.05) is 36.4 Å². The van der Waals surface area contributed by atoms with Crippen LogP contribution in [0, 0.1) is 0 Å². The SMILES string of the molecule is CSCCC(N)C(=O)NC(Cc1ccc(O)cc1)C(=O)NC(Cc1c[nH]c2ccccc12)C(=O)NC(Cc1ccccc1)C(=O)O. The first kappa shape index (κ1) is 34.1. The van der Waals surface area contributed by atoms with Crippen LogP contribution in [0.5, 0.6) is 5.75 Å². The predicted octanol–water partition coefficient (Wildman–Crippen LogP) is 2.52. The highest BCUT2D eigenvalue weighted by atomic mass is 32.2. The van der Waals surface area contributed by atoms with E-state index in [0.29, 0.717) is 17.7 Å². The number of thioether (sulfide) groups is 1. The molecule has 1 heterocycles. The van der Waals surface area contributed by atoms with Crippen LogP contribution in [0.4, 0.5) is 0 Å². The summed E-state index contributed by atoms with van der Waals surface area (Å²) in [7, 11) is 0. The highest BCUT2D eigenvalue weighted by molar-refractivity contribution is 7.98. The molecule has 0 spiro atoms. The van der Waals surface area contributed by atoms with Gasteiger partial charge in [0.2, 0.25) is 17.7 Å². The molecule has 11 nitrogen and oxygen atoms in total. The minimum atomic E-state index is -1.25. The van der Waals surface area contributed by atoms with Crippen molar-refractivity contribution in [3.8, 4) is 5.75 Å². The van der Waals surface area contributed by atoms with Crippen molar-refractivity contribution in [3.63, 3.8) is 0 Å². The molecule has 1 aromatic heterocycles. The number of aromatic nitrogens is 1. The number of nitrogens with two attached hydrogens (primary N) is 1. The Balaban J connectivity index is 1.60. The number of H-pyrrole nitrogens is 1. The third-order valence-electron chi connectivity index (χ3n) is 7.61. The van der Waals surface area contributed by atoms with Gasteiger partial charge in [0.25, 0.3) is 0 Å². The summed E-state index contributed by atoms with van der Waals surface area (Å²) in [6.45, 7) is 0. The smallest absolute Gasteiger partial charge is 0.326 e. The maximum Gasteiger partial charge on any atom is 0.326 e. The Kier molecular flexibility index (Phi) is 12.2. The minimum absolute atomic E-state index is 0.0448. The van der Waals surface area contributed by atoms with Crippen LogP contribution in [0.3, 0.4) is 0 Å². The number of fused-ring (bicyclic) bond motifs is 1. The number of phenols is 1. The third kappa shape index (κ3) is 9.59. The van der Waals surface area contributed by atoms with Crippen molar-refractivity contribution in [1.82, 2.24) is 20.9 Å². The van der Waals surface area contributed by atoms with Crippen molar-refractivity contribution in [2.24, 2.45) is 5.73 Å². The number of hydrogen-bond donors (Lipinski definition) is 7. The molecule has 0 saturated carbocycles. The molecular weight excluding hydrogens is 606 g/mol. The molecule has 4 aromatic rings. The summed E-state index contributed by atoms with van der Waals surface area (Å²) in [4.78, 5) is 56.0. The Hall–Kier alpha value is -4.81. The first-order chi connectivity index (χ1) is 22.1. The number of nitrogens with one attached hydrogen (secondary N) is 4. The van der Waals surface area contributed by atoms with Crippen molar-refractivity contribution in [1.29, 1.82) is 0 Å². The quantitative estimate of drug-likeness (QED) is 0.0969. The fourth-order valence-electron chi connectivity index (χ4n) is 5.06. The number of benzene rings is 3. The number of hydrogen-bond acceptors (Lipinski definition) is 7. The van der Waals surface area contributed by atoms with Crippen molar-refractivity contribution >= 4 is 46.4 Å². The number of aromatic hydroxyl groups is 1. The monoisotopic (exact) mass is 645 g/mol. The molecule has 0 aliphatic heterocycles. The lowest BCUT2D eigenvalue weighted by Gasteiger charge is -2.25. The second kappa shape index (κ2) is 16.5. The van der Waals surface area contributed by atoms with Crippen molar-refractivity contribution < 1.29 is 29.4 Å². The third-order valence-corrected chi connectivity index (χ3v) is 8.25. The summed E-state index contributed by atoms with van der Waals surface area (Å²) < 4.78 is 0. The number of carbonyl (C=O) groups excluding carboxylic acids is 3. The van der Waals surface area contributed by atoms with Crippen LogP contribution in [0.2, 0.25) is 0 Å². The van der Waals surface area contributed by atoms with Gasteiger partial charge in [-0.15, -0.1) is 0 Å². The number of carboxylic acids is 1. The van der Waals surface area contributed by atoms with Gasteiger partial charge in [-0.05, 0) is 53.3 Å².